The first-order valence-electron chi connectivity index (χ1n) is 12.8. The van der Waals surface area contributed by atoms with Crippen LogP contribution in [-0.2, 0) is 4.79 Å². The van der Waals surface area contributed by atoms with E-state index in [1.807, 2.05) is 31.6 Å². The van der Waals surface area contributed by atoms with Crippen LogP contribution in [0.2, 0.25) is 0 Å². The fraction of sp³-hybridized carbons (Fsp3) is 0.333. The number of pyridine rings is 3. The van der Waals surface area contributed by atoms with Gasteiger partial charge in [0.15, 0.2) is 0 Å². The van der Waals surface area contributed by atoms with Crippen LogP contribution in [0.25, 0.3) is 22.2 Å². The second-order valence-electron chi connectivity index (χ2n) is 9.75. The number of hydrazine groups is 1. The minimum Gasteiger partial charge on any atom is -0.367 e. The Labute approximate surface area is 215 Å². The largest absolute Gasteiger partial charge is 0.367 e. The Balaban J connectivity index is 1.30. The Hall–Kier alpha value is -4.02. The van der Waals surface area contributed by atoms with E-state index >= 15 is 0 Å². The zero-order chi connectivity index (χ0) is 25.4. The number of rotatable bonds is 6. The van der Waals surface area contributed by atoms with Gasteiger partial charge in [0, 0.05) is 61.0 Å². The standard InChI is InChI=1S/C27H31N9O/c1-3-4-26(37)31-18-9-17(12-28-13-18)21-11-20-24(15-30-21)33-34-27(20)22-10-19-23(32-22)14-29-16-25(19)36-7-5-35(2)6-8-36/h9-16,27,32-34H,3-8H2,1-2H3,(H,31,37). The Morgan fingerprint density at radius 2 is 1.89 bits per heavy atom. The first kappa shape index (κ1) is 23.4. The van der Waals surface area contributed by atoms with Gasteiger partial charge in [-0.25, -0.2) is 5.43 Å². The molecule has 1 amide bonds. The monoisotopic (exact) mass is 497 g/mol. The number of H-pyrrole nitrogens is 1. The van der Waals surface area contributed by atoms with Crippen LogP contribution in [0, 0.1) is 0 Å². The van der Waals surface area contributed by atoms with Crippen LogP contribution in [0.3, 0.4) is 0 Å². The summed E-state index contributed by atoms with van der Waals surface area (Å²) >= 11 is 0. The van der Waals surface area contributed by atoms with E-state index in [0.717, 1.165) is 66.3 Å². The molecule has 4 aromatic heterocycles. The maximum absolute atomic E-state index is 12.0. The number of fused-ring (bicyclic) bond motifs is 2. The lowest BCUT2D eigenvalue weighted by Crippen LogP contribution is -2.44. The number of nitrogens with one attached hydrogen (secondary N) is 4. The number of carbonyl (C=O) groups excluding carboxylic acids is 1. The number of likely N-dealkylation sites (N-methyl/N-ethyl adjacent to an activating group) is 1. The molecule has 0 aliphatic carbocycles. The molecule has 37 heavy (non-hydrogen) atoms. The van der Waals surface area contributed by atoms with Crippen LogP contribution in [0.15, 0.2) is 49.2 Å². The van der Waals surface area contributed by atoms with Crippen molar-refractivity contribution in [2.75, 3.05) is 48.9 Å². The predicted octanol–water partition coefficient (Wildman–Crippen LogP) is 3.53. The zero-order valence-corrected chi connectivity index (χ0v) is 21.1. The van der Waals surface area contributed by atoms with E-state index in [1.54, 1.807) is 12.4 Å². The van der Waals surface area contributed by atoms with Crippen molar-refractivity contribution in [2.24, 2.45) is 0 Å². The minimum atomic E-state index is -0.0788. The highest BCUT2D eigenvalue weighted by atomic mass is 16.1. The van der Waals surface area contributed by atoms with Crippen LogP contribution < -0.4 is 21.1 Å². The highest BCUT2D eigenvalue weighted by Gasteiger charge is 2.27. The fourth-order valence-corrected chi connectivity index (χ4v) is 5.06. The van der Waals surface area contributed by atoms with Gasteiger partial charge in [-0.1, -0.05) is 6.92 Å². The van der Waals surface area contributed by atoms with Gasteiger partial charge in [-0.3, -0.25) is 19.7 Å². The third-order valence-corrected chi connectivity index (χ3v) is 7.09. The van der Waals surface area contributed by atoms with Crippen LogP contribution >= 0.6 is 0 Å². The van der Waals surface area contributed by atoms with E-state index in [2.05, 4.69) is 65.1 Å². The van der Waals surface area contributed by atoms with Crippen molar-refractivity contribution >= 4 is 33.9 Å². The quantitative estimate of drug-likeness (QED) is 0.320. The molecule has 1 fully saturated rings. The molecular formula is C27H31N9O. The summed E-state index contributed by atoms with van der Waals surface area (Å²) in [4.78, 5) is 33.9. The van der Waals surface area contributed by atoms with E-state index in [4.69, 9.17) is 0 Å². The van der Waals surface area contributed by atoms with Gasteiger partial charge >= 0.3 is 0 Å². The first-order chi connectivity index (χ1) is 18.1. The summed E-state index contributed by atoms with van der Waals surface area (Å²) in [6.45, 7) is 6.06. The van der Waals surface area contributed by atoms with Crippen LogP contribution in [0.5, 0.6) is 0 Å². The van der Waals surface area contributed by atoms with Gasteiger partial charge in [-0.15, -0.1) is 0 Å². The summed E-state index contributed by atoms with van der Waals surface area (Å²) in [5.41, 5.74) is 14.3. The van der Waals surface area contributed by atoms with E-state index in [0.29, 0.717) is 12.1 Å². The second kappa shape index (κ2) is 9.79. The number of anilines is 3. The van der Waals surface area contributed by atoms with Crippen molar-refractivity contribution in [3.63, 3.8) is 0 Å². The molecular weight excluding hydrogens is 466 g/mol. The molecule has 2 aliphatic heterocycles. The summed E-state index contributed by atoms with van der Waals surface area (Å²) < 4.78 is 0. The second-order valence-corrected chi connectivity index (χ2v) is 9.75. The molecule has 0 bridgehead atoms. The van der Waals surface area contributed by atoms with Crippen molar-refractivity contribution in [2.45, 2.75) is 25.8 Å². The fourth-order valence-electron chi connectivity index (χ4n) is 5.06. The first-order valence-corrected chi connectivity index (χ1v) is 12.8. The number of aromatic amines is 1. The van der Waals surface area contributed by atoms with Gasteiger partial charge in [0.2, 0.25) is 5.91 Å². The number of piperazine rings is 1. The number of aromatic nitrogens is 4. The molecule has 1 atom stereocenters. The van der Waals surface area contributed by atoms with Crippen molar-refractivity contribution in [1.29, 1.82) is 0 Å². The van der Waals surface area contributed by atoms with Crippen molar-refractivity contribution in [1.82, 2.24) is 30.3 Å². The molecule has 4 N–H and O–H groups in total. The number of amides is 1. The summed E-state index contributed by atoms with van der Waals surface area (Å²) in [7, 11) is 2.17. The summed E-state index contributed by atoms with van der Waals surface area (Å²) in [6, 6.07) is 6.14. The maximum Gasteiger partial charge on any atom is 0.224 e. The van der Waals surface area contributed by atoms with Gasteiger partial charge in [-0.05, 0) is 31.7 Å². The number of hydrogen-bond donors (Lipinski definition) is 4. The van der Waals surface area contributed by atoms with Crippen molar-refractivity contribution in [3.8, 4) is 11.3 Å². The smallest absolute Gasteiger partial charge is 0.224 e. The highest BCUT2D eigenvalue weighted by Crippen LogP contribution is 2.37. The average molecular weight is 498 g/mol. The predicted molar refractivity (Wildman–Crippen MR) is 145 cm³/mol. The lowest BCUT2D eigenvalue weighted by Gasteiger charge is -2.34. The van der Waals surface area contributed by atoms with Gasteiger partial charge in [0.1, 0.15) is 0 Å². The van der Waals surface area contributed by atoms with Crippen LogP contribution in [-0.4, -0.2) is 64.0 Å². The molecule has 10 heteroatoms. The van der Waals surface area contributed by atoms with E-state index < -0.39 is 0 Å². The molecule has 1 saturated heterocycles. The maximum atomic E-state index is 12.0. The summed E-state index contributed by atoms with van der Waals surface area (Å²) in [5.74, 6) is -0.0129. The molecule has 0 radical (unpaired) electrons. The van der Waals surface area contributed by atoms with Gasteiger partial charge in [-0.2, -0.15) is 0 Å². The van der Waals surface area contributed by atoms with Gasteiger partial charge in [0.05, 0.1) is 59.1 Å². The molecule has 2 aliphatic rings. The summed E-state index contributed by atoms with van der Waals surface area (Å²) in [6.07, 6.45) is 10.4. The van der Waals surface area contributed by atoms with E-state index in [9.17, 15) is 4.79 Å². The molecule has 6 rings (SSSR count). The Morgan fingerprint density at radius 1 is 1.05 bits per heavy atom. The number of carbonyl (C=O) groups is 1. The molecule has 1 unspecified atom stereocenters. The van der Waals surface area contributed by atoms with Crippen LogP contribution in [0.1, 0.15) is 37.1 Å². The summed E-state index contributed by atoms with van der Waals surface area (Å²) in [5, 5.41) is 4.10. The number of nitrogens with zero attached hydrogens (tertiary/aromatic N) is 5. The Kier molecular flexibility index (Phi) is 6.19. The normalized spacial score (nSPS) is 17.6. The lowest BCUT2D eigenvalue weighted by atomic mass is 10.0. The minimum absolute atomic E-state index is 0.0129. The molecule has 0 aromatic carbocycles. The van der Waals surface area contributed by atoms with Crippen molar-refractivity contribution < 1.29 is 4.79 Å². The van der Waals surface area contributed by atoms with Gasteiger partial charge in [0.25, 0.3) is 0 Å². The number of hydrogen-bond acceptors (Lipinski definition) is 8. The van der Waals surface area contributed by atoms with Gasteiger partial charge < -0.3 is 25.5 Å². The lowest BCUT2D eigenvalue weighted by molar-refractivity contribution is -0.116. The Bertz CT molecular complexity index is 1440. The average Bonchev–Trinajstić information content (AvgIpc) is 3.53. The van der Waals surface area contributed by atoms with Crippen LogP contribution in [0.4, 0.5) is 17.1 Å². The third kappa shape index (κ3) is 4.61. The molecule has 6 heterocycles. The SMILES string of the molecule is CCCC(=O)Nc1cncc(-c2cc3c(cn2)NNC3c2cc3c(N4CCN(C)CC4)cncc3[nH]2)c1. The van der Waals surface area contributed by atoms with E-state index in [1.165, 1.54) is 11.1 Å². The van der Waals surface area contributed by atoms with Crippen molar-refractivity contribution in [3.05, 3.63) is 60.4 Å². The third-order valence-electron chi connectivity index (χ3n) is 7.09. The Morgan fingerprint density at radius 3 is 2.73 bits per heavy atom. The topological polar surface area (TPSA) is 114 Å². The zero-order valence-electron chi connectivity index (χ0n) is 21.1. The highest BCUT2D eigenvalue weighted by molar-refractivity contribution is 5.93. The molecule has 190 valence electrons. The molecule has 0 spiro atoms. The van der Waals surface area contributed by atoms with E-state index in [-0.39, 0.29) is 11.9 Å². The molecule has 4 aromatic rings. The molecule has 10 nitrogen and oxygen atoms in total. The molecule has 0 saturated carbocycles.